The zero-order valence-corrected chi connectivity index (χ0v) is 10.9. The molecule has 0 spiro atoms. The van der Waals surface area contributed by atoms with Gasteiger partial charge in [0.05, 0.1) is 5.94 Å². The maximum Gasteiger partial charge on any atom is 0.351 e. The van der Waals surface area contributed by atoms with E-state index in [9.17, 15) is 4.79 Å². The third kappa shape index (κ3) is 2.63. The van der Waals surface area contributed by atoms with Crippen LogP contribution >= 0.6 is 11.8 Å². The van der Waals surface area contributed by atoms with Crippen LogP contribution in [0.25, 0.3) is 0 Å². The van der Waals surface area contributed by atoms with E-state index in [1.165, 1.54) is 0 Å². The summed E-state index contributed by atoms with van der Waals surface area (Å²) >= 11 is 1.69. The molecule has 0 unspecified atom stereocenters. The van der Waals surface area contributed by atoms with E-state index in [0.29, 0.717) is 5.94 Å². The number of anilines is 1. The Morgan fingerprint density at radius 2 is 2.35 bits per heavy atom. The number of aromatic nitrogens is 2. The lowest BCUT2D eigenvalue weighted by atomic mass is 10.4. The average molecular weight is 255 g/mol. The van der Waals surface area contributed by atoms with E-state index in [2.05, 4.69) is 9.88 Å². The number of thioether (sulfide) groups is 1. The highest BCUT2D eigenvalue weighted by atomic mass is 32.2. The van der Waals surface area contributed by atoms with Crippen molar-refractivity contribution in [2.75, 3.05) is 29.7 Å². The van der Waals surface area contributed by atoms with Gasteiger partial charge in [-0.15, -0.1) is 11.8 Å². The molecule has 1 fully saturated rings. The van der Waals surface area contributed by atoms with Crippen LogP contribution < -0.4 is 10.6 Å². The lowest BCUT2D eigenvalue weighted by Crippen LogP contribution is -2.31. The van der Waals surface area contributed by atoms with Gasteiger partial charge in [-0.05, 0) is 19.9 Å². The molecule has 6 heteroatoms. The summed E-state index contributed by atoms with van der Waals surface area (Å²) in [6.07, 6.45) is 1.62. The minimum absolute atomic E-state index is 0.161. The number of nitrogens with zero attached hydrogens (tertiary/aromatic N) is 3. The van der Waals surface area contributed by atoms with Crippen LogP contribution in [0.15, 0.2) is 17.1 Å². The number of ether oxygens (including phenoxy) is 1. The van der Waals surface area contributed by atoms with Crippen molar-refractivity contribution in [2.24, 2.45) is 0 Å². The van der Waals surface area contributed by atoms with E-state index >= 15 is 0 Å². The van der Waals surface area contributed by atoms with E-state index in [1.54, 1.807) is 22.5 Å². The monoisotopic (exact) mass is 255 g/mol. The van der Waals surface area contributed by atoms with Crippen LogP contribution in [-0.4, -0.2) is 34.3 Å². The summed E-state index contributed by atoms with van der Waals surface area (Å²) in [5.41, 5.74) is -0.234. The maximum absolute atomic E-state index is 11.9. The Bertz CT molecular complexity index is 425. The van der Waals surface area contributed by atoms with Crippen LogP contribution in [0.5, 0.6) is 0 Å². The molecule has 1 aliphatic heterocycles. The zero-order chi connectivity index (χ0) is 12.3. The quantitative estimate of drug-likeness (QED) is 0.812. The fraction of sp³-hybridized carbons (Fsp3) is 0.636. The van der Waals surface area contributed by atoms with Gasteiger partial charge in [0.25, 0.3) is 0 Å². The molecule has 1 aliphatic rings. The van der Waals surface area contributed by atoms with Crippen LogP contribution in [-0.2, 0) is 4.74 Å². The van der Waals surface area contributed by atoms with Gasteiger partial charge in [0.2, 0.25) is 0 Å². The molecule has 1 saturated heterocycles. The standard InChI is InChI=1S/C11H17N3O2S/c1-3-13(4-2)9-5-6-14(11(15)12-9)10-7-17-8-16-10/h5-6,10H,3-4,7-8H2,1-2H3/t10-/m0/s1. The highest BCUT2D eigenvalue weighted by Gasteiger charge is 2.19. The Morgan fingerprint density at radius 1 is 1.59 bits per heavy atom. The predicted octanol–water partition coefficient (Wildman–Crippen LogP) is 1.31. The number of hydrogen-bond donors (Lipinski definition) is 0. The van der Waals surface area contributed by atoms with Crippen LogP contribution in [0.3, 0.4) is 0 Å². The Labute approximate surface area is 105 Å². The SMILES string of the molecule is CCN(CC)c1ccn([C@@H]2CSCO2)c(=O)n1. The summed E-state index contributed by atoms with van der Waals surface area (Å²) in [5, 5.41) is 0. The molecule has 5 nitrogen and oxygen atoms in total. The third-order valence-corrected chi connectivity index (χ3v) is 3.64. The van der Waals surface area contributed by atoms with Crippen LogP contribution in [0.2, 0.25) is 0 Å². The molecule has 0 radical (unpaired) electrons. The molecule has 0 aromatic carbocycles. The first-order valence-corrected chi connectivity index (χ1v) is 6.95. The van der Waals surface area contributed by atoms with Crippen LogP contribution in [0.4, 0.5) is 5.82 Å². The lowest BCUT2D eigenvalue weighted by Gasteiger charge is -2.20. The maximum atomic E-state index is 11.9. The highest BCUT2D eigenvalue weighted by molar-refractivity contribution is 7.99. The van der Waals surface area contributed by atoms with Crippen molar-refractivity contribution in [3.63, 3.8) is 0 Å². The van der Waals surface area contributed by atoms with E-state index in [4.69, 9.17) is 4.74 Å². The Hall–Kier alpha value is -1.01. The minimum atomic E-state index is -0.234. The third-order valence-electron chi connectivity index (χ3n) is 2.82. The molecule has 0 amide bonds. The van der Waals surface area contributed by atoms with Gasteiger partial charge in [-0.2, -0.15) is 4.98 Å². The molecule has 0 bridgehead atoms. The molecule has 17 heavy (non-hydrogen) atoms. The molecule has 0 saturated carbocycles. The molecule has 94 valence electrons. The molecule has 0 aliphatic carbocycles. The second-order valence-corrected chi connectivity index (χ2v) is 4.74. The van der Waals surface area contributed by atoms with Crippen molar-refractivity contribution < 1.29 is 4.74 Å². The van der Waals surface area contributed by atoms with Crippen molar-refractivity contribution in [2.45, 2.75) is 20.1 Å². The number of hydrogen-bond acceptors (Lipinski definition) is 5. The fourth-order valence-electron chi connectivity index (χ4n) is 1.83. The van der Waals surface area contributed by atoms with Gasteiger partial charge in [-0.3, -0.25) is 4.57 Å². The van der Waals surface area contributed by atoms with Gasteiger partial charge >= 0.3 is 5.69 Å². The van der Waals surface area contributed by atoms with Crippen molar-refractivity contribution >= 4 is 17.6 Å². The van der Waals surface area contributed by atoms with E-state index in [0.717, 1.165) is 24.7 Å². The summed E-state index contributed by atoms with van der Waals surface area (Å²) in [6.45, 7) is 5.80. The smallest absolute Gasteiger partial charge is 0.351 e. The van der Waals surface area contributed by atoms with Crippen molar-refractivity contribution in [1.29, 1.82) is 0 Å². The second kappa shape index (κ2) is 5.55. The first-order chi connectivity index (χ1) is 8.26. The molecule has 2 rings (SSSR count). The number of rotatable bonds is 4. The topological polar surface area (TPSA) is 47.4 Å². The summed E-state index contributed by atoms with van der Waals surface area (Å²) < 4.78 is 7.01. The molecule has 2 heterocycles. The van der Waals surface area contributed by atoms with Gasteiger partial charge < -0.3 is 9.64 Å². The molecule has 0 N–H and O–H groups in total. The zero-order valence-electron chi connectivity index (χ0n) is 10.1. The van der Waals surface area contributed by atoms with Crippen molar-refractivity contribution in [3.05, 3.63) is 22.7 Å². The highest BCUT2D eigenvalue weighted by Crippen LogP contribution is 2.23. The van der Waals surface area contributed by atoms with Crippen LogP contribution in [0.1, 0.15) is 20.1 Å². The van der Waals surface area contributed by atoms with E-state index < -0.39 is 0 Å². The van der Waals surface area contributed by atoms with Crippen molar-refractivity contribution in [3.8, 4) is 0 Å². The fourth-order valence-corrected chi connectivity index (χ4v) is 2.64. The van der Waals surface area contributed by atoms with Gasteiger partial charge in [0.15, 0.2) is 0 Å². The summed E-state index contributed by atoms with van der Waals surface area (Å²) in [4.78, 5) is 18.1. The van der Waals surface area contributed by atoms with Gasteiger partial charge in [-0.25, -0.2) is 4.79 Å². The normalized spacial score (nSPS) is 19.5. The average Bonchev–Trinajstić information content (AvgIpc) is 2.84. The Morgan fingerprint density at radius 3 is 2.88 bits per heavy atom. The second-order valence-electron chi connectivity index (χ2n) is 3.76. The molecular weight excluding hydrogens is 238 g/mol. The summed E-state index contributed by atoms with van der Waals surface area (Å²) in [6, 6.07) is 1.88. The summed E-state index contributed by atoms with van der Waals surface area (Å²) in [5.74, 6) is 2.20. The molecule has 1 aromatic heterocycles. The molecule has 1 aromatic rings. The molecule has 1 atom stereocenters. The Kier molecular flexibility index (Phi) is 4.06. The van der Waals surface area contributed by atoms with E-state index in [-0.39, 0.29) is 11.9 Å². The van der Waals surface area contributed by atoms with Crippen molar-refractivity contribution in [1.82, 2.24) is 9.55 Å². The predicted molar refractivity (Wildman–Crippen MR) is 69.5 cm³/mol. The van der Waals surface area contributed by atoms with Crippen LogP contribution in [0, 0.1) is 0 Å². The molecular formula is C11H17N3O2S. The van der Waals surface area contributed by atoms with Gasteiger partial charge in [0.1, 0.15) is 12.0 Å². The first kappa shape index (κ1) is 12.4. The van der Waals surface area contributed by atoms with Gasteiger partial charge in [0, 0.05) is 25.0 Å². The Balaban J connectivity index is 2.25. The first-order valence-electron chi connectivity index (χ1n) is 5.79. The minimum Gasteiger partial charge on any atom is -0.357 e. The van der Waals surface area contributed by atoms with E-state index in [1.807, 2.05) is 19.9 Å². The largest absolute Gasteiger partial charge is 0.357 e. The van der Waals surface area contributed by atoms with Gasteiger partial charge in [-0.1, -0.05) is 0 Å². The lowest BCUT2D eigenvalue weighted by molar-refractivity contribution is 0.0639. The summed E-state index contributed by atoms with van der Waals surface area (Å²) in [7, 11) is 0.